The number of guanidine groups is 1. The van der Waals surface area contributed by atoms with Gasteiger partial charge < -0.3 is 21.1 Å². The highest BCUT2D eigenvalue weighted by Gasteiger charge is 2.07. The fourth-order valence-electron chi connectivity index (χ4n) is 2.40. The standard InChI is InChI=1S/C20H29N5O2S/c1-4-21-20(24-12-18-25-17(13-28-18)14(2)3)23-10-6-9-22-19(27)15-7-5-8-16(26)11-15/h5,7-8,11,13-14,26H,4,6,9-10,12H2,1-3H3,(H,22,27)(H2,21,23,24). The van der Waals surface area contributed by atoms with E-state index in [9.17, 15) is 9.90 Å². The van der Waals surface area contributed by atoms with Crippen LogP contribution < -0.4 is 16.0 Å². The van der Waals surface area contributed by atoms with Gasteiger partial charge in [-0.2, -0.15) is 0 Å². The van der Waals surface area contributed by atoms with Crippen LogP contribution in [0.3, 0.4) is 0 Å². The normalized spacial score (nSPS) is 11.5. The minimum absolute atomic E-state index is 0.0848. The van der Waals surface area contributed by atoms with Crippen LogP contribution in [0.2, 0.25) is 0 Å². The lowest BCUT2D eigenvalue weighted by atomic mass is 10.2. The quantitative estimate of drug-likeness (QED) is 0.293. The van der Waals surface area contributed by atoms with Gasteiger partial charge in [0.05, 0.1) is 12.2 Å². The fourth-order valence-corrected chi connectivity index (χ4v) is 3.28. The first kappa shape index (κ1) is 21.7. The molecule has 28 heavy (non-hydrogen) atoms. The molecule has 0 aliphatic carbocycles. The van der Waals surface area contributed by atoms with E-state index in [1.165, 1.54) is 12.1 Å². The molecule has 0 spiro atoms. The molecule has 1 amide bonds. The molecule has 7 nitrogen and oxygen atoms in total. The number of carbonyl (C=O) groups is 1. The Morgan fingerprint density at radius 2 is 2.04 bits per heavy atom. The second kappa shape index (κ2) is 11.3. The highest BCUT2D eigenvalue weighted by molar-refractivity contribution is 7.09. The molecule has 0 radical (unpaired) electrons. The molecule has 1 aromatic carbocycles. The Morgan fingerprint density at radius 3 is 2.71 bits per heavy atom. The molecule has 152 valence electrons. The number of carbonyl (C=O) groups excluding carboxylic acids is 1. The SMILES string of the molecule is CCNC(=NCc1nc(C(C)C)cs1)NCCCNC(=O)c1cccc(O)c1. The Labute approximate surface area is 170 Å². The summed E-state index contributed by atoms with van der Waals surface area (Å²) < 4.78 is 0. The van der Waals surface area contributed by atoms with Gasteiger partial charge in [-0.15, -0.1) is 11.3 Å². The Balaban J connectivity index is 1.74. The van der Waals surface area contributed by atoms with Crippen LogP contribution in [0.5, 0.6) is 5.75 Å². The number of hydrogen-bond acceptors (Lipinski definition) is 5. The summed E-state index contributed by atoms with van der Waals surface area (Å²) in [6.45, 7) is 8.82. The Morgan fingerprint density at radius 1 is 1.25 bits per heavy atom. The van der Waals surface area contributed by atoms with E-state index < -0.39 is 0 Å². The van der Waals surface area contributed by atoms with E-state index in [1.807, 2.05) is 6.92 Å². The van der Waals surface area contributed by atoms with Gasteiger partial charge in [-0.25, -0.2) is 9.98 Å². The summed E-state index contributed by atoms with van der Waals surface area (Å²) >= 11 is 1.63. The van der Waals surface area contributed by atoms with Crippen molar-refractivity contribution in [3.63, 3.8) is 0 Å². The number of hydrogen-bond donors (Lipinski definition) is 4. The first-order chi connectivity index (χ1) is 13.5. The second-order valence-corrected chi connectivity index (χ2v) is 7.55. The number of phenols is 1. The second-order valence-electron chi connectivity index (χ2n) is 6.60. The molecule has 4 N–H and O–H groups in total. The molecule has 0 aliphatic heterocycles. The summed E-state index contributed by atoms with van der Waals surface area (Å²) in [5.74, 6) is 1.06. The van der Waals surface area contributed by atoms with Crippen molar-refractivity contribution in [1.82, 2.24) is 20.9 Å². The van der Waals surface area contributed by atoms with Crippen LogP contribution in [0.25, 0.3) is 0 Å². The van der Waals surface area contributed by atoms with E-state index >= 15 is 0 Å². The van der Waals surface area contributed by atoms with Gasteiger partial charge >= 0.3 is 0 Å². The highest BCUT2D eigenvalue weighted by Crippen LogP contribution is 2.18. The van der Waals surface area contributed by atoms with Crippen LogP contribution in [0.4, 0.5) is 0 Å². The van der Waals surface area contributed by atoms with Crippen molar-refractivity contribution in [2.75, 3.05) is 19.6 Å². The zero-order chi connectivity index (χ0) is 20.4. The highest BCUT2D eigenvalue weighted by atomic mass is 32.1. The lowest BCUT2D eigenvalue weighted by molar-refractivity contribution is 0.0953. The monoisotopic (exact) mass is 403 g/mol. The Hall–Kier alpha value is -2.61. The lowest BCUT2D eigenvalue weighted by Gasteiger charge is -2.11. The van der Waals surface area contributed by atoms with Crippen molar-refractivity contribution >= 4 is 23.2 Å². The van der Waals surface area contributed by atoms with Crippen molar-refractivity contribution in [3.05, 3.63) is 45.9 Å². The number of thiazole rings is 1. The predicted molar refractivity (Wildman–Crippen MR) is 114 cm³/mol. The first-order valence-electron chi connectivity index (χ1n) is 9.53. The topological polar surface area (TPSA) is 98.6 Å². The van der Waals surface area contributed by atoms with Gasteiger partial charge in [0.15, 0.2) is 5.96 Å². The third-order valence-corrected chi connectivity index (χ3v) is 4.77. The average molecular weight is 404 g/mol. The molecule has 2 rings (SSSR count). The molecule has 8 heteroatoms. The largest absolute Gasteiger partial charge is 0.508 e. The van der Waals surface area contributed by atoms with Crippen molar-refractivity contribution in [2.24, 2.45) is 4.99 Å². The van der Waals surface area contributed by atoms with E-state index in [4.69, 9.17) is 0 Å². The van der Waals surface area contributed by atoms with Crippen molar-refractivity contribution in [2.45, 2.75) is 39.7 Å². The third kappa shape index (κ3) is 7.19. The minimum atomic E-state index is -0.193. The number of benzene rings is 1. The van der Waals surface area contributed by atoms with E-state index in [0.717, 1.165) is 29.6 Å². The molecule has 1 heterocycles. The molecule has 0 fully saturated rings. The molecule has 2 aromatic rings. The zero-order valence-electron chi connectivity index (χ0n) is 16.7. The van der Waals surface area contributed by atoms with Crippen LogP contribution in [-0.2, 0) is 6.54 Å². The summed E-state index contributed by atoms with van der Waals surface area (Å²) in [4.78, 5) is 21.2. The van der Waals surface area contributed by atoms with Crippen LogP contribution in [0.1, 0.15) is 54.2 Å². The minimum Gasteiger partial charge on any atom is -0.508 e. The number of aliphatic imine (C=N–C) groups is 1. The molecule has 1 aromatic heterocycles. The summed E-state index contributed by atoms with van der Waals surface area (Å²) in [6, 6.07) is 6.31. The molecular weight excluding hydrogens is 374 g/mol. The number of rotatable bonds is 9. The van der Waals surface area contributed by atoms with Crippen LogP contribution in [0.15, 0.2) is 34.6 Å². The van der Waals surface area contributed by atoms with E-state index in [1.54, 1.807) is 23.5 Å². The van der Waals surface area contributed by atoms with Crippen molar-refractivity contribution in [3.8, 4) is 5.75 Å². The van der Waals surface area contributed by atoms with Crippen molar-refractivity contribution < 1.29 is 9.90 Å². The first-order valence-corrected chi connectivity index (χ1v) is 10.4. The Kier molecular flexibility index (Phi) is 8.74. The average Bonchev–Trinajstić information content (AvgIpc) is 3.15. The smallest absolute Gasteiger partial charge is 0.251 e. The van der Waals surface area contributed by atoms with Crippen LogP contribution >= 0.6 is 11.3 Å². The third-order valence-electron chi connectivity index (χ3n) is 3.92. The molecule has 0 unspecified atom stereocenters. The number of aromatic nitrogens is 1. The summed E-state index contributed by atoms with van der Waals surface area (Å²) in [7, 11) is 0. The molecule has 0 atom stereocenters. The van der Waals surface area contributed by atoms with Gasteiger partial charge in [0, 0.05) is 30.6 Å². The van der Waals surface area contributed by atoms with Gasteiger partial charge in [-0.05, 0) is 37.5 Å². The molecular formula is C20H29N5O2S. The Bertz CT molecular complexity index is 788. The van der Waals surface area contributed by atoms with Gasteiger partial charge in [0.1, 0.15) is 10.8 Å². The van der Waals surface area contributed by atoms with E-state index in [2.05, 4.69) is 45.2 Å². The van der Waals surface area contributed by atoms with Gasteiger partial charge in [-0.3, -0.25) is 4.79 Å². The number of phenolic OH excluding ortho intramolecular Hbond substituents is 1. The van der Waals surface area contributed by atoms with E-state index in [-0.39, 0.29) is 11.7 Å². The maximum absolute atomic E-state index is 12.0. The van der Waals surface area contributed by atoms with Gasteiger partial charge in [0.2, 0.25) is 0 Å². The van der Waals surface area contributed by atoms with Crippen LogP contribution in [0, 0.1) is 0 Å². The summed E-state index contributed by atoms with van der Waals surface area (Å²) in [6.07, 6.45) is 0.754. The van der Waals surface area contributed by atoms with Crippen molar-refractivity contribution in [1.29, 1.82) is 0 Å². The van der Waals surface area contributed by atoms with E-state index in [0.29, 0.717) is 31.1 Å². The molecule has 0 aliphatic rings. The lowest BCUT2D eigenvalue weighted by Crippen LogP contribution is -2.38. The summed E-state index contributed by atoms with van der Waals surface area (Å²) in [5.41, 5.74) is 1.56. The summed E-state index contributed by atoms with van der Waals surface area (Å²) in [5, 5.41) is 21.8. The molecule has 0 saturated heterocycles. The maximum Gasteiger partial charge on any atom is 0.251 e. The van der Waals surface area contributed by atoms with Crippen LogP contribution in [-0.4, -0.2) is 41.6 Å². The number of nitrogens with zero attached hydrogens (tertiary/aromatic N) is 2. The van der Waals surface area contributed by atoms with Gasteiger partial charge in [-0.1, -0.05) is 19.9 Å². The van der Waals surface area contributed by atoms with Gasteiger partial charge in [0.25, 0.3) is 5.91 Å². The molecule has 0 bridgehead atoms. The molecule has 0 saturated carbocycles. The number of aromatic hydroxyl groups is 1. The fraction of sp³-hybridized carbons (Fsp3) is 0.450. The number of nitrogens with one attached hydrogen (secondary N) is 3. The number of amides is 1. The predicted octanol–water partition coefficient (Wildman–Crippen LogP) is 2.85. The maximum atomic E-state index is 12.0. The zero-order valence-corrected chi connectivity index (χ0v) is 17.5.